The summed E-state index contributed by atoms with van der Waals surface area (Å²) < 4.78 is 0. The van der Waals surface area contributed by atoms with Crippen LogP contribution in [0.15, 0.2) is 25.3 Å². The van der Waals surface area contributed by atoms with E-state index >= 15 is 0 Å². The normalized spacial score (nSPS) is 6.08. The molecule has 5 heteroatoms. The molecule has 0 aliphatic carbocycles. The highest BCUT2D eigenvalue weighted by atomic mass is 16.4. The Kier molecular flexibility index (Phi) is 16.6. The van der Waals surface area contributed by atoms with Crippen LogP contribution in [0.25, 0.3) is 0 Å². The Hall–Kier alpha value is -1.78. The minimum absolute atomic E-state index is 0.176. The van der Waals surface area contributed by atoms with E-state index in [1.54, 1.807) is 0 Å². The molecule has 0 aromatic carbocycles. The maximum atomic E-state index is 9.60. The van der Waals surface area contributed by atoms with Crippen molar-refractivity contribution in [3.8, 4) is 0 Å². The number of carboxylic acid groups (broad SMARTS) is 2. The van der Waals surface area contributed by atoms with E-state index in [2.05, 4.69) is 25.5 Å². The zero-order valence-electron chi connectivity index (χ0n) is 6.91. The number of nitrogens with two attached hydrogens (primary N) is 1. The van der Waals surface area contributed by atoms with E-state index in [4.69, 9.17) is 15.0 Å². The minimum Gasteiger partial charge on any atom is -0.478 e. The van der Waals surface area contributed by atoms with E-state index in [0.717, 1.165) is 0 Å². The van der Waals surface area contributed by atoms with Crippen molar-refractivity contribution < 1.29 is 19.8 Å². The van der Waals surface area contributed by atoms with E-state index in [0.29, 0.717) is 0 Å². The Bertz CT molecular complexity index is 149. The van der Waals surface area contributed by atoms with Gasteiger partial charge in [-0.25, -0.2) is 9.59 Å². The fraction of sp³-hybridized carbons (Fsp3) is 0.143. The Balaban J connectivity index is -0.000000118. The Morgan fingerprint density at radius 2 is 1.33 bits per heavy atom. The molecule has 0 atom stereocenters. The molecule has 0 saturated heterocycles. The van der Waals surface area contributed by atoms with Crippen LogP contribution in [0, 0.1) is 0 Å². The van der Waals surface area contributed by atoms with E-state index < -0.39 is 12.1 Å². The Labute approximate surface area is 70.8 Å². The molecule has 0 aliphatic heterocycles. The summed E-state index contributed by atoms with van der Waals surface area (Å²) in [5.74, 6) is -0.935. The highest BCUT2D eigenvalue weighted by Crippen LogP contribution is 1.81. The highest BCUT2D eigenvalue weighted by molar-refractivity contribution is 5.84. The maximum absolute atomic E-state index is 9.60. The van der Waals surface area contributed by atoms with Crippen LogP contribution in [0.5, 0.6) is 0 Å². The van der Waals surface area contributed by atoms with Gasteiger partial charge in [-0.05, 0) is 6.92 Å². The zero-order valence-corrected chi connectivity index (χ0v) is 6.91. The molecule has 0 aromatic heterocycles. The number of hydrogen-bond donors (Lipinski definition) is 3. The van der Waals surface area contributed by atoms with Crippen LogP contribution in [0.3, 0.4) is 0 Å². The third-order valence-corrected chi connectivity index (χ3v) is 0.365. The number of rotatable bonds is 1. The lowest BCUT2D eigenvalue weighted by molar-refractivity contribution is -0.132. The molecule has 0 saturated carbocycles. The SMILES string of the molecule is C=C.C=C(C)C(=O)O.NC(=O)O. The summed E-state index contributed by atoms with van der Waals surface area (Å²) in [6.07, 6.45) is -1.33. The van der Waals surface area contributed by atoms with Crippen LogP contribution >= 0.6 is 0 Å². The first-order valence-corrected chi connectivity index (χ1v) is 2.75. The summed E-state index contributed by atoms with van der Waals surface area (Å²) in [6, 6.07) is 0. The van der Waals surface area contributed by atoms with Gasteiger partial charge in [-0.1, -0.05) is 6.58 Å². The first kappa shape index (κ1) is 16.7. The zero-order chi connectivity index (χ0) is 10.7. The van der Waals surface area contributed by atoms with Gasteiger partial charge in [-0.2, -0.15) is 0 Å². The first-order chi connectivity index (χ1) is 5.37. The lowest BCUT2D eigenvalue weighted by Crippen LogP contribution is -2.03. The molecule has 0 bridgehead atoms. The molecule has 1 amide bonds. The van der Waals surface area contributed by atoms with Crippen molar-refractivity contribution in [2.45, 2.75) is 6.92 Å². The molecule has 12 heavy (non-hydrogen) atoms. The van der Waals surface area contributed by atoms with Crippen molar-refractivity contribution in [2.24, 2.45) is 5.73 Å². The predicted octanol–water partition coefficient (Wildman–Crippen LogP) is 1.07. The molecule has 0 aliphatic rings. The molecular formula is C7H13NO4. The summed E-state index contributed by atoms with van der Waals surface area (Å²) >= 11 is 0. The van der Waals surface area contributed by atoms with E-state index in [9.17, 15) is 4.79 Å². The first-order valence-electron chi connectivity index (χ1n) is 2.75. The van der Waals surface area contributed by atoms with Gasteiger partial charge in [-0.3, -0.25) is 0 Å². The van der Waals surface area contributed by atoms with Gasteiger partial charge in [0.05, 0.1) is 0 Å². The quantitative estimate of drug-likeness (QED) is 0.410. The van der Waals surface area contributed by atoms with Crippen molar-refractivity contribution in [1.29, 1.82) is 0 Å². The number of primary amides is 1. The van der Waals surface area contributed by atoms with Gasteiger partial charge in [0, 0.05) is 5.57 Å². The fourth-order valence-electron chi connectivity index (χ4n) is 0. The second-order valence-corrected chi connectivity index (χ2v) is 1.42. The Morgan fingerprint density at radius 3 is 1.33 bits per heavy atom. The number of carboxylic acids is 1. The average Bonchev–Trinajstić information content (AvgIpc) is 1.90. The van der Waals surface area contributed by atoms with Gasteiger partial charge >= 0.3 is 12.1 Å². The van der Waals surface area contributed by atoms with Crippen molar-refractivity contribution in [3.05, 3.63) is 25.3 Å². The lowest BCUT2D eigenvalue weighted by Gasteiger charge is -1.79. The van der Waals surface area contributed by atoms with Gasteiger partial charge in [-0.15, -0.1) is 13.2 Å². The van der Waals surface area contributed by atoms with Gasteiger partial charge in [0.1, 0.15) is 0 Å². The van der Waals surface area contributed by atoms with Gasteiger partial charge in [0.25, 0.3) is 0 Å². The molecule has 70 valence electrons. The lowest BCUT2D eigenvalue weighted by atomic mass is 10.4. The number of carbonyl (C=O) groups is 2. The predicted molar refractivity (Wildman–Crippen MR) is 45.9 cm³/mol. The van der Waals surface area contributed by atoms with Crippen LogP contribution < -0.4 is 5.73 Å². The Morgan fingerprint density at radius 1 is 1.25 bits per heavy atom. The summed E-state index contributed by atoms with van der Waals surface area (Å²) in [7, 11) is 0. The summed E-state index contributed by atoms with van der Waals surface area (Å²) in [6.45, 7) is 10.6. The monoisotopic (exact) mass is 175 g/mol. The van der Waals surface area contributed by atoms with Crippen LogP contribution in [0.4, 0.5) is 4.79 Å². The van der Waals surface area contributed by atoms with Crippen LogP contribution in [-0.4, -0.2) is 22.3 Å². The standard InChI is InChI=1S/C4H6O2.C2H4.CH3NO2/c1-3(2)4(5)6;1-2;2-1(3)4/h1H2,2H3,(H,5,6);1-2H2;2H2,(H,3,4). The smallest absolute Gasteiger partial charge is 0.402 e. The number of aliphatic carboxylic acids is 1. The second kappa shape index (κ2) is 12.0. The summed E-state index contributed by atoms with van der Waals surface area (Å²) in [5.41, 5.74) is 4.20. The summed E-state index contributed by atoms with van der Waals surface area (Å²) in [4.78, 5) is 18.4. The van der Waals surface area contributed by atoms with Crippen LogP contribution in [-0.2, 0) is 4.79 Å². The molecule has 4 N–H and O–H groups in total. The molecule has 0 heterocycles. The molecule has 5 nitrogen and oxygen atoms in total. The van der Waals surface area contributed by atoms with Gasteiger partial charge in [0.2, 0.25) is 0 Å². The molecule has 0 aromatic rings. The van der Waals surface area contributed by atoms with E-state index in [1.165, 1.54) is 6.92 Å². The van der Waals surface area contributed by atoms with Crippen molar-refractivity contribution in [3.63, 3.8) is 0 Å². The van der Waals surface area contributed by atoms with Crippen molar-refractivity contribution >= 4 is 12.1 Å². The third-order valence-electron chi connectivity index (χ3n) is 0.365. The minimum atomic E-state index is -1.33. The van der Waals surface area contributed by atoms with Crippen LogP contribution in [0.2, 0.25) is 0 Å². The number of hydrogen-bond acceptors (Lipinski definition) is 2. The molecule has 0 rings (SSSR count). The largest absolute Gasteiger partial charge is 0.478 e. The van der Waals surface area contributed by atoms with Crippen molar-refractivity contribution in [2.75, 3.05) is 0 Å². The molecule has 0 fully saturated rings. The molecule has 0 unspecified atom stereocenters. The van der Waals surface area contributed by atoms with Crippen molar-refractivity contribution in [1.82, 2.24) is 0 Å². The third kappa shape index (κ3) is 86.9. The average molecular weight is 175 g/mol. The molecule has 0 radical (unpaired) electrons. The summed E-state index contributed by atoms with van der Waals surface area (Å²) in [5, 5.41) is 15.1. The van der Waals surface area contributed by atoms with Crippen LogP contribution in [0.1, 0.15) is 6.92 Å². The van der Waals surface area contributed by atoms with Gasteiger partial charge < -0.3 is 15.9 Å². The van der Waals surface area contributed by atoms with E-state index in [1.807, 2.05) is 0 Å². The second-order valence-electron chi connectivity index (χ2n) is 1.42. The maximum Gasteiger partial charge on any atom is 0.402 e. The fourth-order valence-corrected chi connectivity index (χ4v) is 0. The number of amides is 1. The van der Waals surface area contributed by atoms with Gasteiger partial charge in [0.15, 0.2) is 0 Å². The molecular weight excluding hydrogens is 162 g/mol. The topological polar surface area (TPSA) is 101 Å². The van der Waals surface area contributed by atoms with E-state index in [-0.39, 0.29) is 5.57 Å². The molecule has 0 spiro atoms. The highest BCUT2D eigenvalue weighted by Gasteiger charge is 1.90.